The molecular formula is C24H21ClN8O2. The van der Waals surface area contributed by atoms with E-state index in [2.05, 4.69) is 25.4 Å². The summed E-state index contributed by atoms with van der Waals surface area (Å²) in [4.78, 5) is 31.3. The number of rotatable bonds is 6. The van der Waals surface area contributed by atoms with Crippen LogP contribution in [0.3, 0.4) is 0 Å². The number of nitrogens with zero attached hydrogens (tertiary/aromatic N) is 6. The summed E-state index contributed by atoms with van der Waals surface area (Å²) in [6, 6.07) is 14.1. The van der Waals surface area contributed by atoms with Crippen LogP contribution in [-0.4, -0.2) is 29.7 Å². The molecule has 5 aromatic rings. The van der Waals surface area contributed by atoms with Crippen LogP contribution in [0.2, 0.25) is 5.02 Å². The van der Waals surface area contributed by atoms with Crippen LogP contribution in [0.25, 0.3) is 28.0 Å². The summed E-state index contributed by atoms with van der Waals surface area (Å²) < 4.78 is 6.69. The fraction of sp³-hybridized carbons (Fsp3) is 0.167. The minimum atomic E-state index is -0.438. The lowest BCUT2D eigenvalue weighted by molar-refractivity contribution is 0.394. The molecule has 1 atom stereocenters. The number of fused-ring (bicyclic) bond motifs is 1. The first kappa shape index (κ1) is 22.5. The van der Waals surface area contributed by atoms with Gasteiger partial charge in [-0.3, -0.25) is 9.36 Å². The molecule has 0 aliphatic rings. The molecule has 0 aliphatic carbocycles. The van der Waals surface area contributed by atoms with E-state index in [0.717, 1.165) is 0 Å². The summed E-state index contributed by atoms with van der Waals surface area (Å²) in [5, 5.41) is 8.04. The molecule has 3 heterocycles. The molecule has 10 nitrogen and oxygen atoms in total. The average molecular weight is 489 g/mol. The Bertz CT molecular complexity index is 1580. The van der Waals surface area contributed by atoms with Crippen LogP contribution >= 0.6 is 11.6 Å². The van der Waals surface area contributed by atoms with E-state index in [-0.39, 0.29) is 17.2 Å². The molecule has 0 amide bonds. The van der Waals surface area contributed by atoms with Gasteiger partial charge in [0, 0.05) is 6.92 Å². The van der Waals surface area contributed by atoms with Crippen LogP contribution in [0, 0.1) is 6.92 Å². The molecular weight excluding hydrogens is 468 g/mol. The maximum atomic E-state index is 13.7. The van der Waals surface area contributed by atoms with Crippen molar-refractivity contribution < 1.29 is 4.52 Å². The van der Waals surface area contributed by atoms with E-state index in [9.17, 15) is 4.79 Å². The molecule has 1 unspecified atom stereocenters. The molecule has 11 heteroatoms. The molecule has 0 bridgehead atoms. The number of nitrogens with two attached hydrogens (primary N) is 1. The minimum Gasteiger partial charge on any atom is -0.383 e. The zero-order valence-corrected chi connectivity index (χ0v) is 19.7. The van der Waals surface area contributed by atoms with Crippen LogP contribution < -0.4 is 16.6 Å². The van der Waals surface area contributed by atoms with Crippen LogP contribution in [0.15, 0.2) is 64.2 Å². The van der Waals surface area contributed by atoms with E-state index < -0.39 is 6.04 Å². The molecule has 0 saturated heterocycles. The number of benzene rings is 2. The van der Waals surface area contributed by atoms with Gasteiger partial charge in [-0.15, -0.1) is 0 Å². The van der Waals surface area contributed by atoms with Crippen molar-refractivity contribution in [3.05, 3.63) is 81.9 Å². The first-order chi connectivity index (χ1) is 17.0. The van der Waals surface area contributed by atoms with Crippen molar-refractivity contribution in [1.29, 1.82) is 0 Å². The highest BCUT2D eigenvalue weighted by Gasteiger charge is 2.24. The van der Waals surface area contributed by atoms with Crippen LogP contribution in [0.1, 0.15) is 31.1 Å². The third kappa shape index (κ3) is 4.08. The lowest BCUT2D eigenvalue weighted by Gasteiger charge is -2.23. The molecule has 3 aromatic heterocycles. The molecule has 0 saturated carbocycles. The predicted octanol–water partition coefficient (Wildman–Crippen LogP) is 4.33. The van der Waals surface area contributed by atoms with Crippen molar-refractivity contribution in [2.24, 2.45) is 0 Å². The minimum absolute atomic E-state index is 0.192. The zero-order chi connectivity index (χ0) is 24.5. The summed E-state index contributed by atoms with van der Waals surface area (Å²) in [5.41, 5.74) is 7.46. The lowest BCUT2D eigenvalue weighted by Crippen LogP contribution is -2.28. The van der Waals surface area contributed by atoms with Gasteiger partial charge in [-0.1, -0.05) is 47.9 Å². The number of para-hydroxylation sites is 1. The molecule has 35 heavy (non-hydrogen) atoms. The summed E-state index contributed by atoms with van der Waals surface area (Å²) in [6.07, 6.45) is 1.92. The normalized spacial score (nSPS) is 12.1. The SMILES string of the molecule is CCC(Nc1ncnc(N)c1-c1noc(C)n1)c1nc2cccc(Cl)c2c(=O)n1-c1ccccc1. The van der Waals surface area contributed by atoms with E-state index in [4.69, 9.17) is 26.8 Å². The van der Waals surface area contributed by atoms with Crippen molar-refractivity contribution in [1.82, 2.24) is 29.7 Å². The standard InChI is InChI=1S/C24H21ClN8O2/c1-3-16(30-21-19(20(26)27-12-28-21)22-29-13(2)35-32-22)23-31-17-11-7-10-15(25)18(17)24(34)33(23)14-8-5-4-6-9-14/h4-12,16H,3H2,1-2H3,(H3,26,27,28,30). The third-order valence-corrected chi connectivity index (χ3v) is 5.86. The first-order valence-corrected chi connectivity index (χ1v) is 11.3. The molecule has 176 valence electrons. The van der Waals surface area contributed by atoms with E-state index in [1.807, 2.05) is 37.3 Å². The summed E-state index contributed by atoms with van der Waals surface area (Å²) in [5.74, 6) is 1.72. The second kappa shape index (κ2) is 9.15. The zero-order valence-electron chi connectivity index (χ0n) is 18.9. The van der Waals surface area contributed by atoms with Crippen molar-refractivity contribution in [2.75, 3.05) is 11.1 Å². The third-order valence-electron chi connectivity index (χ3n) is 5.55. The number of nitrogen functional groups attached to an aromatic ring is 1. The van der Waals surface area contributed by atoms with Gasteiger partial charge in [-0.2, -0.15) is 4.98 Å². The van der Waals surface area contributed by atoms with E-state index >= 15 is 0 Å². The fourth-order valence-corrected chi connectivity index (χ4v) is 4.16. The van der Waals surface area contributed by atoms with Gasteiger partial charge in [0.05, 0.1) is 27.7 Å². The Hall–Kier alpha value is -4.31. The van der Waals surface area contributed by atoms with Gasteiger partial charge in [-0.05, 0) is 30.7 Å². The second-order valence-corrected chi connectivity index (χ2v) is 8.21. The van der Waals surface area contributed by atoms with Crippen LogP contribution in [-0.2, 0) is 0 Å². The largest absolute Gasteiger partial charge is 0.383 e. The van der Waals surface area contributed by atoms with Crippen molar-refractivity contribution in [3.63, 3.8) is 0 Å². The summed E-state index contributed by atoms with van der Waals surface area (Å²) >= 11 is 6.40. The van der Waals surface area contributed by atoms with Gasteiger partial charge in [0.2, 0.25) is 11.7 Å². The van der Waals surface area contributed by atoms with E-state index in [1.54, 1.807) is 29.7 Å². The monoisotopic (exact) mass is 488 g/mol. The molecule has 0 fully saturated rings. The maximum absolute atomic E-state index is 13.7. The maximum Gasteiger partial charge on any atom is 0.267 e. The quantitative estimate of drug-likeness (QED) is 0.357. The molecule has 0 aliphatic heterocycles. The van der Waals surface area contributed by atoms with Crippen LogP contribution in [0.4, 0.5) is 11.6 Å². The van der Waals surface area contributed by atoms with E-state index in [1.165, 1.54) is 6.33 Å². The first-order valence-electron chi connectivity index (χ1n) is 10.9. The predicted molar refractivity (Wildman–Crippen MR) is 133 cm³/mol. The summed E-state index contributed by atoms with van der Waals surface area (Å²) in [7, 11) is 0. The highest BCUT2D eigenvalue weighted by Crippen LogP contribution is 2.32. The van der Waals surface area contributed by atoms with Crippen molar-refractivity contribution >= 4 is 34.1 Å². The molecule has 2 aromatic carbocycles. The summed E-state index contributed by atoms with van der Waals surface area (Å²) in [6.45, 7) is 3.66. The molecule has 3 N–H and O–H groups in total. The number of hydrogen-bond donors (Lipinski definition) is 2. The van der Waals surface area contributed by atoms with Gasteiger partial charge >= 0.3 is 0 Å². The van der Waals surface area contributed by atoms with Gasteiger partial charge in [-0.25, -0.2) is 15.0 Å². The van der Waals surface area contributed by atoms with Gasteiger partial charge in [0.1, 0.15) is 29.4 Å². The Labute approximate surface area is 204 Å². The number of aryl methyl sites for hydroxylation is 1. The van der Waals surface area contributed by atoms with E-state index in [0.29, 0.717) is 51.1 Å². The Kier molecular flexibility index (Phi) is 5.87. The van der Waals surface area contributed by atoms with Crippen LogP contribution in [0.5, 0.6) is 0 Å². The van der Waals surface area contributed by atoms with Crippen molar-refractivity contribution in [3.8, 4) is 17.1 Å². The van der Waals surface area contributed by atoms with Gasteiger partial charge < -0.3 is 15.6 Å². The number of nitrogens with one attached hydrogen (secondary N) is 1. The highest BCUT2D eigenvalue weighted by atomic mass is 35.5. The highest BCUT2D eigenvalue weighted by molar-refractivity contribution is 6.35. The number of hydrogen-bond acceptors (Lipinski definition) is 9. The van der Waals surface area contributed by atoms with Gasteiger partial charge in [0.25, 0.3) is 5.56 Å². The lowest BCUT2D eigenvalue weighted by atomic mass is 10.1. The Balaban J connectivity index is 1.71. The Morgan fingerprint density at radius 1 is 1.11 bits per heavy atom. The van der Waals surface area contributed by atoms with Crippen molar-refractivity contribution in [2.45, 2.75) is 26.3 Å². The number of halogens is 1. The Morgan fingerprint density at radius 3 is 2.63 bits per heavy atom. The number of aromatic nitrogens is 6. The second-order valence-electron chi connectivity index (χ2n) is 7.80. The average Bonchev–Trinajstić information content (AvgIpc) is 3.28. The molecule has 0 spiro atoms. The van der Waals surface area contributed by atoms with Gasteiger partial charge in [0.15, 0.2) is 0 Å². The Morgan fingerprint density at radius 2 is 1.91 bits per heavy atom. The fourth-order valence-electron chi connectivity index (χ4n) is 3.91. The topological polar surface area (TPSA) is 138 Å². The molecule has 5 rings (SSSR count). The molecule has 0 radical (unpaired) electrons. The smallest absolute Gasteiger partial charge is 0.267 e. The number of anilines is 2.